The van der Waals surface area contributed by atoms with E-state index in [-0.39, 0.29) is 24.3 Å². The predicted molar refractivity (Wildman–Crippen MR) is 187 cm³/mol. The highest BCUT2D eigenvalue weighted by molar-refractivity contribution is 6.71. The van der Waals surface area contributed by atoms with Crippen LogP contribution in [0.5, 0.6) is 0 Å². The van der Waals surface area contributed by atoms with Crippen LogP contribution in [0.15, 0.2) is 24.3 Å². The molecule has 240 valence electrons. The van der Waals surface area contributed by atoms with Crippen LogP contribution in [0, 0.1) is 11.8 Å². The minimum absolute atomic E-state index is 0.0532. The average molecular weight is 643 g/mol. The molecule has 0 aliphatic heterocycles. The smallest absolute Gasteiger partial charge is 0.292 e. The maximum absolute atomic E-state index is 12.1. The quantitative estimate of drug-likeness (QED) is 0.0797. The lowest BCUT2D eigenvalue weighted by Crippen LogP contribution is -2.35. The van der Waals surface area contributed by atoms with E-state index in [2.05, 4.69) is 110 Å². The molecule has 0 radical (unpaired) electrons. The van der Waals surface area contributed by atoms with Crippen molar-refractivity contribution < 1.29 is 22.5 Å². The van der Waals surface area contributed by atoms with Gasteiger partial charge >= 0.3 is 0 Å². The molecule has 1 fully saturated rings. The molecule has 1 rings (SSSR count). The second-order valence-electron chi connectivity index (χ2n) is 15.8. The molecule has 9 heteroatoms. The zero-order valence-electron chi connectivity index (χ0n) is 29.1. The Labute approximate surface area is 258 Å². The molecule has 0 aromatic carbocycles. The number of hydrogen-bond donors (Lipinski definition) is 0. The first-order valence-corrected chi connectivity index (χ1v) is 29.9. The molecule has 0 bridgehead atoms. The summed E-state index contributed by atoms with van der Waals surface area (Å²) in [6.45, 7) is 29.1. The molecule has 5 atom stereocenters. The fourth-order valence-electron chi connectivity index (χ4n) is 5.45. The van der Waals surface area contributed by atoms with Gasteiger partial charge in [-0.1, -0.05) is 50.5 Å². The van der Waals surface area contributed by atoms with Gasteiger partial charge in [-0.15, -0.1) is 0 Å². The van der Waals surface area contributed by atoms with E-state index in [0.717, 1.165) is 32.1 Å². The van der Waals surface area contributed by atoms with Crippen molar-refractivity contribution in [2.24, 2.45) is 11.8 Å². The highest BCUT2D eigenvalue weighted by Gasteiger charge is 2.45. The Morgan fingerprint density at radius 1 is 0.780 bits per heavy atom. The third kappa shape index (κ3) is 18.9. The summed E-state index contributed by atoms with van der Waals surface area (Å²) in [5, 5.41) is 0. The van der Waals surface area contributed by atoms with Crippen LogP contribution in [0.1, 0.15) is 64.7 Å². The van der Waals surface area contributed by atoms with E-state index < -0.39 is 33.3 Å². The number of rotatable bonds is 19. The molecule has 41 heavy (non-hydrogen) atoms. The Morgan fingerprint density at radius 3 is 1.93 bits per heavy atom. The number of hydrogen-bond acceptors (Lipinski definition) is 5. The van der Waals surface area contributed by atoms with Gasteiger partial charge in [-0.3, -0.25) is 4.79 Å². The van der Waals surface area contributed by atoms with Crippen LogP contribution >= 0.6 is 0 Å². The van der Waals surface area contributed by atoms with Gasteiger partial charge < -0.3 is 17.7 Å². The highest BCUT2D eigenvalue weighted by Crippen LogP contribution is 2.42. The second-order valence-corrected chi connectivity index (χ2v) is 33.7. The number of carbonyl (C=O) groups is 1. The summed E-state index contributed by atoms with van der Waals surface area (Å²) in [7, 11) is -6.95. The number of carbonyl (C=O) groups excluding carboxylic acids is 1. The van der Waals surface area contributed by atoms with Crippen LogP contribution in [-0.2, 0) is 22.5 Å². The molecule has 1 saturated carbocycles. The predicted octanol–water partition coefficient (Wildman–Crippen LogP) is 9.91. The third-order valence-electron chi connectivity index (χ3n) is 6.77. The molecule has 0 amide bonds. The van der Waals surface area contributed by atoms with Crippen LogP contribution in [0.2, 0.25) is 78.6 Å². The molecule has 0 aromatic rings. The van der Waals surface area contributed by atoms with E-state index in [9.17, 15) is 4.79 Å². The highest BCUT2D eigenvalue weighted by atomic mass is 28.4. The van der Waals surface area contributed by atoms with Gasteiger partial charge in [0.2, 0.25) is 8.32 Å². The van der Waals surface area contributed by atoms with Gasteiger partial charge in [-0.05, 0) is 117 Å². The summed E-state index contributed by atoms with van der Waals surface area (Å²) in [4.78, 5) is 12.1. The van der Waals surface area contributed by atoms with Gasteiger partial charge in [0.15, 0.2) is 25.0 Å². The second kappa shape index (κ2) is 17.3. The lowest BCUT2D eigenvalue weighted by atomic mass is 9.89. The summed E-state index contributed by atoms with van der Waals surface area (Å²) in [6.07, 6.45) is 18.8. The summed E-state index contributed by atoms with van der Waals surface area (Å²) in [5.41, 5.74) is 0. The van der Waals surface area contributed by atoms with Crippen molar-refractivity contribution in [1.82, 2.24) is 0 Å². The van der Waals surface area contributed by atoms with Gasteiger partial charge in [0.1, 0.15) is 0 Å². The minimum Gasteiger partial charge on any atom is -0.520 e. The maximum Gasteiger partial charge on any atom is 0.292 e. The van der Waals surface area contributed by atoms with Gasteiger partial charge in [0.05, 0.1) is 18.3 Å². The van der Waals surface area contributed by atoms with Crippen LogP contribution < -0.4 is 0 Å². The van der Waals surface area contributed by atoms with Crippen molar-refractivity contribution in [3.8, 4) is 0 Å². The molecule has 0 N–H and O–H groups in total. The average Bonchev–Trinajstić information content (AvgIpc) is 3.04. The molecule has 0 saturated heterocycles. The molecule has 0 spiro atoms. The first-order valence-electron chi connectivity index (χ1n) is 16.3. The van der Waals surface area contributed by atoms with E-state index in [1.165, 1.54) is 19.3 Å². The summed E-state index contributed by atoms with van der Waals surface area (Å²) >= 11 is 0. The SMILES string of the molecule is CCCCC[C@@H](/C=C/[C@@H]1[C@@H](C/C=C\CCCC(=O)O[Si](C)(C)C)[C@H](O[Si](C)(C)C)C[C@H]1O[Si](C)(C)C)O[Si](C)(C)C. The van der Waals surface area contributed by atoms with Gasteiger partial charge in [-0.2, -0.15) is 0 Å². The Kier molecular flexibility index (Phi) is 16.3. The number of unbranched alkanes of at least 4 members (excludes halogenated alkanes) is 3. The van der Waals surface area contributed by atoms with Gasteiger partial charge in [0, 0.05) is 12.3 Å². The van der Waals surface area contributed by atoms with E-state index in [1.807, 2.05) is 0 Å². The van der Waals surface area contributed by atoms with Crippen molar-refractivity contribution in [1.29, 1.82) is 0 Å². The molecular formula is C32H66O5Si4. The lowest BCUT2D eigenvalue weighted by molar-refractivity contribution is -0.135. The summed E-state index contributed by atoms with van der Waals surface area (Å²) in [5.74, 6) is 0.622. The van der Waals surface area contributed by atoms with Crippen LogP contribution in [0.3, 0.4) is 0 Å². The summed E-state index contributed by atoms with van der Waals surface area (Å²) in [6, 6.07) is 0. The molecule has 1 aliphatic rings. The van der Waals surface area contributed by atoms with E-state index in [0.29, 0.717) is 18.3 Å². The Hall–Kier alpha value is -0.302. The van der Waals surface area contributed by atoms with Crippen LogP contribution in [0.4, 0.5) is 0 Å². The topological polar surface area (TPSA) is 54.0 Å². The zero-order chi connectivity index (χ0) is 31.5. The molecule has 5 nitrogen and oxygen atoms in total. The van der Waals surface area contributed by atoms with Crippen LogP contribution in [-0.4, -0.2) is 57.6 Å². The van der Waals surface area contributed by atoms with E-state index >= 15 is 0 Å². The minimum atomic E-state index is -1.81. The molecule has 0 aromatic heterocycles. The van der Waals surface area contributed by atoms with Crippen LogP contribution in [0.25, 0.3) is 0 Å². The molecule has 1 aliphatic carbocycles. The fourth-order valence-corrected chi connectivity index (χ4v) is 9.69. The zero-order valence-corrected chi connectivity index (χ0v) is 33.1. The van der Waals surface area contributed by atoms with Gasteiger partial charge in [0.25, 0.3) is 5.97 Å². The van der Waals surface area contributed by atoms with Crippen molar-refractivity contribution in [3.05, 3.63) is 24.3 Å². The largest absolute Gasteiger partial charge is 0.520 e. The Morgan fingerprint density at radius 2 is 1.39 bits per heavy atom. The van der Waals surface area contributed by atoms with Crippen molar-refractivity contribution in [2.45, 2.75) is 162 Å². The van der Waals surface area contributed by atoms with Crippen molar-refractivity contribution in [3.63, 3.8) is 0 Å². The molecular weight excluding hydrogens is 577 g/mol. The lowest BCUT2D eigenvalue weighted by Gasteiger charge is -2.30. The first-order chi connectivity index (χ1) is 18.7. The Bertz CT molecular complexity index is 818. The van der Waals surface area contributed by atoms with Crippen molar-refractivity contribution >= 4 is 39.2 Å². The molecule has 0 heterocycles. The fraction of sp³-hybridized carbons (Fsp3) is 0.844. The number of allylic oxidation sites excluding steroid dienone is 2. The van der Waals surface area contributed by atoms with E-state index in [4.69, 9.17) is 17.7 Å². The monoisotopic (exact) mass is 642 g/mol. The van der Waals surface area contributed by atoms with Crippen molar-refractivity contribution in [2.75, 3.05) is 0 Å². The standard InChI is InChI=1S/C32H66O5Si4/c1-14-15-18-21-27(34-38(2,3)4)24-25-29-28(22-19-16-17-20-23-32(33)37-41(11,12)13)30(35-39(5,6)7)26-31(29)36-40(8,9)10/h16,19,24-25,27-31H,14-15,17-18,20-23,26H2,1-13H3/b19-16-,25-24+/t27-,28+,29+,30+,31+/m0/s1. The first kappa shape index (κ1) is 38.7. The third-order valence-corrected chi connectivity index (χ3v) is 10.6. The normalized spacial score (nSPS) is 23.5. The van der Waals surface area contributed by atoms with Gasteiger partial charge in [-0.25, -0.2) is 0 Å². The van der Waals surface area contributed by atoms with E-state index in [1.54, 1.807) is 0 Å². The summed E-state index contributed by atoms with van der Waals surface area (Å²) < 4.78 is 25.9. The Balaban J connectivity index is 3.13. The molecule has 0 unspecified atom stereocenters. The maximum atomic E-state index is 12.1.